The Kier molecular flexibility index (Phi) is 4.29. The fraction of sp³-hybridized carbons (Fsp3) is 0.231. The van der Waals surface area contributed by atoms with Crippen LogP contribution in [0, 0.1) is 18.3 Å². The first kappa shape index (κ1) is 12.8. The number of carbonyl (C=O) groups is 1. The summed E-state index contributed by atoms with van der Waals surface area (Å²) in [5, 5.41) is 14.4. The Hall–Kier alpha value is -2.28. The molecule has 0 heterocycles. The topological polar surface area (TPSA) is 64.9 Å². The highest BCUT2D eigenvalue weighted by Crippen LogP contribution is 2.16. The van der Waals surface area contributed by atoms with E-state index in [4.69, 9.17) is 5.26 Å². The second-order valence-electron chi connectivity index (χ2n) is 3.56. The number of benzene rings is 1. The molecule has 0 saturated heterocycles. The van der Waals surface area contributed by atoms with Gasteiger partial charge in [0, 0.05) is 14.1 Å². The lowest BCUT2D eigenvalue weighted by Gasteiger charge is -2.10. The van der Waals surface area contributed by atoms with Gasteiger partial charge in [-0.05, 0) is 12.5 Å². The lowest BCUT2D eigenvalue weighted by atomic mass is 10.1. The molecule has 0 aromatic heterocycles. The monoisotopic (exact) mass is 229 g/mol. The Labute approximate surface area is 101 Å². The Morgan fingerprint density at radius 1 is 1.18 bits per heavy atom. The van der Waals surface area contributed by atoms with Gasteiger partial charge in [-0.1, -0.05) is 29.8 Å². The summed E-state index contributed by atoms with van der Waals surface area (Å²) in [5.74, 6) is -0.391. The number of carbonyl (C=O) groups excluding carboxylic acids is 1. The van der Waals surface area contributed by atoms with Gasteiger partial charge in [-0.25, -0.2) is 0 Å². The number of rotatable bonds is 3. The molecule has 0 unspecified atom stereocenters. The van der Waals surface area contributed by atoms with Gasteiger partial charge in [0.1, 0.15) is 11.6 Å². The van der Waals surface area contributed by atoms with Crippen molar-refractivity contribution in [3.05, 3.63) is 41.0 Å². The van der Waals surface area contributed by atoms with Gasteiger partial charge >= 0.3 is 0 Å². The molecular formula is C13H15N3O. The van der Waals surface area contributed by atoms with Crippen molar-refractivity contribution in [1.29, 1.82) is 5.26 Å². The Bertz CT molecular complexity index is 480. The first-order valence-corrected chi connectivity index (χ1v) is 5.25. The maximum atomic E-state index is 11.6. The molecule has 1 rings (SSSR count). The Morgan fingerprint density at radius 2 is 1.76 bits per heavy atom. The summed E-state index contributed by atoms with van der Waals surface area (Å²) in [6, 6.07) is 9.55. The van der Waals surface area contributed by atoms with Gasteiger partial charge in [-0.2, -0.15) is 5.26 Å². The van der Waals surface area contributed by atoms with Crippen LogP contribution < -0.4 is 10.6 Å². The van der Waals surface area contributed by atoms with E-state index in [9.17, 15) is 4.79 Å². The summed E-state index contributed by atoms with van der Waals surface area (Å²) < 4.78 is 0. The maximum absolute atomic E-state index is 11.6. The Balaban J connectivity index is 3.30. The summed E-state index contributed by atoms with van der Waals surface area (Å²) in [7, 11) is 3.19. The van der Waals surface area contributed by atoms with Gasteiger partial charge < -0.3 is 10.6 Å². The molecule has 0 aliphatic carbocycles. The minimum Gasteiger partial charge on any atom is -0.386 e. The van der Waals surface area contributed by atoms with Gasteiger partial charge in [0.25, 0.3) is 5.91 Å². The molecule has 0 aliphatic rings. The minimum absolute atomic E-state index is 0.0823. The molecule has 0 atom stereocenters. The number of amides is 1. The molecule has 17 heavy (non-hydrogen) atoms. The predicted molar refractivity (Wildman–Crippen MR) is 66.8 cm³/mol. The highest BCUT2D eigenvalue weighted by molar-refractivity contribution is 6.04. The molecular weight excluding hydrogens is 214 g/mol. The summed E-state index contributed by atoms with van der Waals surface area (Å²) in [4.78, 5) is 11.6. The van der Waals surface area contributed by atoms with Crippen LogP contribution in [0.15, 0.2) is 29.8 Å². The van der Waals surface area contributed by atoms with Crippen LogP contribution in [0.3, 0.4) is 0 Å². The van der Waals surface area contributed by atoms with Crippen LogP contribution in [0.5, 0.6) is 0 Å². The van der Waals surface area contributed by atoms with Crippen molar-refractivity contribution in [1.82, 2.24) is 10.6 Å². The number of nitriles is 1. The fourth-order valence-electron chi connectivity index (χ4n) is 1.48. The standard InChI is InChI=1S/C13H15N3O/c1-9-4-6-10(7-5-9)12(15-2)11(8-14)13(17)16-3/h4-7,15H,1-3H3,(H,16,17)/b12-11-. The van der Waals surface area contributed by atoms with E-state index in [2.05, 4.69) is 10.6 Å². The van der Waals surface area contributed by atoms with Crippen molar-refractivity contribution in [2.45, 2.75) is 6.92 Å². The van der Waals surface area contributed by atoms with Crippen LogP contribution in [-0.2, 0) is 4.79 Å². The van der Waals surface area contributed by atoms with E-state index in [1.54, 1.807) is 7.05 Å². The van der Waals surface area contributed by atoms with Crippen molar-refractivity contribution >= 4 is 11.6 Å². The number of hydrogen-bond donors (Lipinski definition) is 2. The normalized spacial score (nSPS) is 11.2. The van der Waals surface area contributed by atoms with Gasteiger partial charge in [-0.3, -0.25) is 4.79 Å². The second kappa shape index (κ2) is 5.71. The zero-order chi connectivity index (χ0) is 12.8. The smallest absolute Gasteiger partial charge is 0.263 e. The summed E-state index contributed by atoms with van der Waals surface area (Å²) in [6.07, 6.45) is 0. The van der Waals surface area contributed by atoms with Crippen LogP contribution in [0.25, 0.3) is 5.70 Å². The molecule has 0 aliphatic heterocycles. The predicted octanol–water partition coefficient (Wildman–Crippen LogP) is 1.20. The van der Waals surface area contributed by atoms with Crippen molar-refractivity contribution in [3.63, 3.8) is 0 Å². The number of nitrogens with zero attached hydrogens (tertiary/aromatic N) is 1. The quantitative estimate of drug-likeness (QED) is 0.604. The summed E-state index contributed by atoms with van der Waals surface area (Å²) >= 11 is 0. The fourth-order valence-corrected chi connectivity index (χ4v) is 1.48. The van der Waals surface area contributed by atoms with Crippen LogP contribution in [0.4, 0.5) is 0 Å². The van der Waals surface area contributed by atoms with Gasteiger partial charge in [0.15, 0.2) is 0 Å². The third-order valence-corrected chi connectivity index (χ3v) is 2.41. The molecule has 4 nitrogen and oxygen atoms in total. The van der Waals surface area contributed by atoms with E-state index in [0.717, 1.165) is 11.1 Å². The zero-order valence-corrected chi connectivity index (χ0v) is 10.2. The average molecular weight is 229 g/mol. The molecule has 0 fully saturated rings. The van der Waals surface area contributed by atoms with Crippen molar-refractivity contribution in [2.24, 2.45) is 0 Å². The van der Waals surface area contributed by atoms with Crippen LogP contribution in [0.1, 0.15) is 11.1 Å². The molecule has 4 heteroatoms. The van der Waals surface area contributed by atoms with Crippen LogP contribution >= 0.6 is 0 Å². The average Bonchev–Trinajstić information content (AvgIpc) is 2.36. The third-order valence-electron chi connectivity index (χ3n) is 2.41. The lowest BCUT2D eigenvalue weighted by molar-refractivity contribution is -0.116. The van der Waals surface area contributed by atoms with E-state index < -0.39 is 5.91 Å². The Morgan fingerprint density at radius 3 is 2.18 bits per heavy atom. The summed E-state index contributed by atoms with van der Waals surface area (Å²) in [5.41, 5.74) is 2.56. The van der Waals surface area contributed by atoms with E-state index >= 15 is 0 Å². The zero-order valence-electron chi connectivity index (χ0n) is 10.2. The molecule has 88 valence electrons. The first-order valence-electron chi connectivity index (χ1n) is 5.25. The number of likely N-dealkylation sites (N-methyl/N-ethyl adjacent to an activating group) is 1. The van der Waals surface area contributed by atoms with Gasteiger partial charge in [-0.15, -0.1) is 0 Å². The molecule has 0 saturated carbocycles. The molecule has 0 radical (unpaired) electrons. The lowest BCUT2D eigenvalue weighted by Crippen LogP contribution is -2.23. The largest absolute Gasteiger partial charge is 0.386 e. The van der Waals surface area contributed by atoms with Crippen LogP contribution in [0.2, 0.25) is 0 Å². The molecule has 1 aromatic rings. The van der Waals surface area contributed by atoms with Crippen molar-refractivity contribution in [3.8, 4) is 6.07 Å². The van der Waals surface area contributed by atoms with E-state index in [0.29, 0.717) is 5.70 Å². The second-order valence-corrected chi connectivity index (χ2v) is 3.56. The molecule has 2 N–H and O–H groups in total. The van der Waals surface area contributed by atoms with E-state index in [-0.39, 0.29) is 5.57 Å². The maximum Gasteiger partial charge on any atom is 0.263 e. The molecule has 1 aromatic carbocycles. The highest BCUT2D eigenvalue weighted by Gasteiger charge is 2.14. The number of nitrogens with one attached hydrogen (secondary N) is 2. The van der Waals surface area contributed by atoms with Gasteiger partial charge in [0.05, 0.1) is 5.70 Å². The third kappa shape index (κ3) is 2.85. The van der Waals surface area contributed by atoms with E-state index in [1.165, 1.54) is 7.05 Å². The van der Waals surface area contributed by atoms with Crippen LogP contribution in [-0.4, -0.2) is 20.0 Å². The molecule has 1 amide bonds. The summed E-state index contributed by atoms with van der Waals surface area (Å²) in [6.45, 7) is 1.98. The highest BCUT2D eigenvalue weighted by atomic mass is 16.1. The number of aryl methyl sites for hydroxylation is 1. The molecule has 0 bridgehead atoms. The van der Waals surface area contributed by atoms with Crippen molar-refractivity contribution in [2.75, 3.05) is 14.1 Å². The first-order chi connectivity index (χ1) is 8.13. The minimum atomic E-state index is -0.391. The SMILES string of the molecule is CNC(=O)/C(C#N)=C(\NC)c1ccc(C)cc1. The van der Waals surface area contributed by atoms with Crippen molar-refractivity contribution < 1.29 is 4.79 Å². The number of hydrogen-bond acceptors (Lipinski definition) is 3. The van der Waals surface area contributed by atoms with Gasteiger partial charge in [0.2, 0.25) is 0 Å². The van der Waals surface area contributed by atoms with E-state index in [1.807, 2.05) is 37.3 Å². The molecule has 0 spiro atoms.